The zero-order valence-corrected chi connectivity index (χ0v) is 10.9. The highest BCUT2D eigenvalue weighted by Gasteiger charge is 2.28. The van der Waals surface area contributed by atoms with E-state index in [9.17, 15) is 0 Å². The molecule has 2 unspecified atom stereocenters. The van der Waals surface area contributed by atoms with Gasteiger partial charge in [0.1, 0.15) is 0 Å². The zero-order chi connectivity index (χ0) is 12.1. The fourth-order valence-corrected chi connectivity index (χ4v) is 2.83. The Morgan fingerprint density at radius 1 is 1.41 bits per heavy atom. The van der Waals surface area contributed by atoms with Crippen LogP contribution in [-0.2, 0) is 11.2 Å². The molecule has 1 aliphatic rings. The second-order valence-corrected chi connectivity index (χ2v) is 4.86. The van der Waals surface area contributed by atoms with Gasteiger partial charge in [0, 0.05) is 19.1 Å². The van der Waals surface area contributed by atoms with Crippen LogP contribution in [-0.4, -0.2) is 26.3 Å². The van der Waals surface area contributed by atoms with Crippen LogP contribution in [0.4, 0.5) is 0 Å². The zero-order valence-electron chi connectivity index (χ0n) is 10.9. The summed E-state index contributed by atoms with van der Waals surface area (Å²) in [5, 5.41) is 3.63. The molecule has 0 fully saturated rings. The maximum absolute atomic E-state index is 5.37. The third-order valence-electron chi connectivity index (χ3n) is 3.67. The molecule has 1 aliphatic carbocycles. The maximum Gasteiger partial charge on any atom is 0.0621 e. The van der Waals surface area contributed by atoms with Crippen LogP contribution in [0.1, 0.15) is 36.8 Å². The van der Waals surface area contributed by atoms with Gasteiger partial charge < -0.3 is 10.1 Å². The summed E-state index contributed by atoms with van der Waals surface area (Å²) < 4.78 is 5.37. The molecule has 0 saturated heterocycles. The predicted octanol–water partition coefficient (Wildman–Crippen LogP) is 2.73. The number of rotatable bonds is 6. The van der Waals surface area contributed by atoms with Gasteiger partial charge in [-0.15, -0.1) is 0 Å². The molecule has 1 aromatic carbocycles. The first-order valence-electron chi connectivity index (χ1n) is 6.67. The molecule has 2 atom stereocenters. The molecule has 2 nitrogen and oxygen atoms in total. The van der Waals surface area contributed by atoms with Crippen molar-refractivity contribution in [1.82, 2.24) is 5.32 Å². The average molecular weight is 233 g/mol. The van der Waals surface area contributed by atoms with E-state index in [-0.39, 0.29) is 0 Å². The van der Waals surface area contributed by atoms with Crippen molar-refractivity contribution < 1.29 is 4.74 Å². The fourth-order valence-electron chi connectivity index (χ4n) is 2.83. The first-order chi connectivity index (χ1) is 8.36. The average Bonchev–Trinajstić information content (AvgIpc) is 2.78. The minimum Gasteiger partial charge on any atom is -0.383 e. The molecule has 1 aromatic rings. The van der Waals surface area contributed by atoms with E-state index in [4.69, 9.17) is 4.74 Å². The molecule has 17 heavy (non-hydrogen) atoms. The number of hydrogen-bond acceptors (Lipinski definition) is 2. The summed E-state index contributed by atoms with van der Waals surface area (Å²) in [4.78, 5) is 0. The minimum absolute atomic E-state index is 0.462. The normalized spacial score (nSPS) is 20.2. The van der Waals surface area contributed by atoms with E-state index in [0.717, 1.165) is 13.2 Å². The van der Waals surface area contributed by atoms with Gasteiger partial charge >= 0.3 is 0 Å². The first kappa shape index (κ1) is 12.6. The van der Waals surface area contributed by atoms with Crippen LogP contribution >= 0.6 is 0 Å². The van der Waals surface area contributed by atoms with Crippen LogP contribution in [0.2, 0.25) is 0 Å². The lowest BCUT2D eigenvalue weighted by atomic mass is 9.93. The molecule has 2 heteroatoms. The van der Waals surface area contributed by atoms with E-state index in [1.165, 1.54) is 30.4 Å². The van der Waals surface area contributed by atoms with Gasteiger partial charge in [-0.25, -0.2) is 0 Å². The number of ether oxygens (including phenoxy) is 1. The lowest BCUT2D eigenvalue weighted by molar-refractivity contribution is 0.154. The summed E-state index contributed by atoms with van der Waals surface area (Å²) in [6, 6.07) is 9.30. The van der Waals surface area contributed by atoms with E-state index in [0.29, 0.717) is 12.0 Å². The van der Waals surface area contributed by atoms with Crippen LogP contribution in [0.5, 0.6) is 0 Å². The van der Waals surface area contributed by atoms with Crippen molar-refractivity contribution in [3.8, 4) is 0 Å². The quantitative estimate of drug-likeness (QED) is 0.815. The second-order valence-electron chi connectivity index (χ2n) is 4.86. The number of hydrogen-bond donors (Lipinski definition) is 1. The number of benzene rings is 1. The van der Waals surface area contributed by atoms with Crippen molar-refractivity contribution in [3.05, 3.63) is 35.4 Å². The molecule has 0 aliphatic heterocycles. The van der Waals surface area contributed by atoms with E-state index < -0.39 is 0 Å². The van der Waals surface area contributed by atoms with E-state index in [1.54, 1.807) is 7.11 Å². The van der Waals surface area contributed by atoms with Crippen LogP contribution in [0.25, 0.3) is 0 Å². The van der Waals surface area contributed by atoms with E-state index in [1.807, 2.05) is 0 Å². The largest absolute Gasteiger partial charge is 0.383 e. The molecule has 0 aromatic heterocycles. The smallest absolute Gasteiger partial charge is 0.0621 e. The lowest BCUT2D eigenvalue weighted by Gasteiger charge is -2.25. The van der Waals surface area contributed by atoms with Gasteiger partial charge in [-0.2, -0.15) is 0 Å². The highest BCUT2D eigenvalue weighted by atomic mass is 16.5. The maximum atomic E-state index is 5.37. The molecule has 0 saturated carbocycles. The summed E-state index contributed by atoms with van der Waals surface area (Å²) in [6.07, 6.45) is 3.65. The molecular weight excluding hydrogens is 210 g/mol. The molecule has 0 heterocycles. The topological polar surface area (TPSA) is 21.3 Å². The molecule has 1 N–H and O–H groups in total. The molecule has 0 spiro atoms. The Kier molecular flexibility index (Phi) is 4.57. The third-order valence-corrected chi connectivity index (χ3v) is 3.67. The van der Waals surface area contributed by atoms with Crippen LogP contribution in [0.15, 0.2) is 24.3 Å². The summed E-state index contributed by atoms with van der Waals surface area (Å²) in [5.74, 6) is 0.623. The molecule has 0 radical (unpaired) electrons. The molecule has 94 valence electrons. The molecule has 2 rings (SSSR count). The Morgan fingerprint density at radius 3 is 3.00 bits per heavy atom. The van der Waals surface area contributed by atoms with Gasteiger partial charge in [-0.1, -0.05) is 31.2 Å². The van der Waals surface area contributed by atoms with Gasteiger partial charge in [0.25, 0.3) is 0 Å². The molecule has 0 bridgehead atoms. The van der Waals surface area contributed by atoms with Crippen LogP contribution < -0.4 is 5.32 Å². The number of nitrogens with one attached hydrogen (secondary N) is 1. The van der Waals surface area contributed by atoms with Crippen molar-refractivity contribution in [2.75, 3.05) is 20.3 Å². The van der Waals surface area contributed by atoms with Gasteiger partial charge in [-0.3, -0.25) is 0 Å². The number of aryl methyl sites for hydroxylation is 1. The van der Waals surface area contributed by atoms with E-state index >= 15 is 0 Å². The minimum atomic E-state index is 0.462. The van der Waals surface area contributed by atoms with Gasteiger partial charge in [-0.05, 0) is 36.9 Å². The van der Waals surface area contributed by atoms with Crippen molar-refractivity contribution >= 4 is 0 Å². The second kappa shape index (κ2) is 6.18. The highest BCUT2D eigenvalue weighted by molar-refractivity contribution is 5.36. The Morgan fingerprint density at radius 2 is 2.24 bits per heavy atom. The van der Waals surface area contributed by atoms with Crippen molar-refractivity contribution in [3.63, 3.8) is 0 Å². The van der Waals surface area contributed by atoms with Crippen molar-refractivity contribution in [2.24, 2.45) is 0 Å². The molecular formula is C15H23NO. The van der Waals surface area contributed by atoms with Crippen LogP contribution in [0.3, 0.4) is 0 Å². The monoisotopic (exact) mass is 233 g/mol. The standard InChI is InChI=1S/C15H23NO/c1-3-10-16-15(11-17-2)14-9-8-12-6-4-5-7-13(12)14/h4-7,14-16H,3,8-11H2,1-2H3. The predicted molar refractivity (Wildman–Crippen MR) is 71.5 cm³/mol. The number of methoxy groups -OCH3 is 1. The van der Waals surface area contributed by atoms with Gasteiger partial charge in [0.2, 0.25) is 0 Å². The Labute approximate surface area is 104 Å². The summed E-state index contributed by atoms with van der Waals surface area (Å²) in [5.41, 5.74) is 3.05. The number of fused-ring (bicyclic) bond motifs is 1. The first-order valence-corrected chi connectivity index (χ1v) is 6.67. The van der Waals surface area contributed by atoms with Gasteiger partial charge in [0.15, 0.2) is 0 Å². The van der Waals surface area contributed by atoms with Gasteiger partial charge in [0.05, 0.1) is 6.61 Å². The van der Waals surface area contributed by atoms with Crippen molar-refractivity contribution in [2.45, 2.75) is 38.1 Å². The SMILES string of the molecule is CCCNC(COC)C1CCc2ccccc21. The Balaban J connectivity index is 2.09. The van der Waals surface area contributed by atoms with Crippen molar-refractivity contribution in [1.29, 1.82) is 0 Å². The third kappa shape index (κ3) is 2.88. The Hall–Kier alpha value is -0.860. The lowest BCUT2D eigenvalue weighted by Crippen LogP contribution is -2.38. The van der Waals surface area contributed by atoms with E-state index in [2.05, 4.69) is 36.5 Å². The van der Waals surface area contributed by atoms with Crippen LogP contribution in [0, 0.1) is 0 Å². The summed E-state index contributed by atoms with van der Waals surface area (Å²) >= 11 is 0. The Bertz CT molecular complexity index is 351. The highest BCUT2D eigenvalue weighted by Crippen LogP contribution is 2.35. The fraction of sp³-hybridized carbons (Fsp3) is 0.600. The molecule has 0 amide bonds. The summed E-state index contributed by atoms with van der Waals surface area (Å²) in [7, 11) is 1.79. The summed E-state index contributed by atoms with van der Waals surface area (Å²) in [6.45, 7) is 4.09.